The Morgan fingerprint density at radius 1 is 1.04 bits per heavy atom. The molecule has 0 saturated carbocycles. The van der Waals surface area contributed by atoms with E-state index in [0.717, 1.165) is 32.1 Å². The highest BCUT2D eigenvalue weighted by Crippen LogP contribution is 2.27. The fraction of sp³-hybridized carbons (Fsp3) is 0.778. The van der Waals surface area contributed by atoms with Crippen molar-refractivity contribution in [2.24, 2.45) is 0 Å². The van der Waals surface area contributed by atoms with Gasteiger partial charge in [0.15, 0.2) is 0 Å². The van der Waals surface area contributed by atoms with E-state index in [1.165, 1.54) is 12.8 Å². The summed E-state index contributed by atoms with van der Waals surface area (Å²) in [6.45, 7) is 0.868. The standard InChI is InChI=1S/C18H28N2O4/c1-2-3-4-5-6-7-8-9-10-16(22)20-15-12-24-17-14(19-13-21)11-23-18(15)17/h1,13-15,17-18H,3-12H2,(H,19,21)(H,20,22)/t14-,15-,17?,18+/m0/s1. The van der Waals surface area contributed by atoms with Crippen molar-refractivity contribution in [2.75, 3.05) is 13.2 Å². The Balaban J connectivity index is 1.55. The van der Waals surface area contributed by atoms with Gasteiger partial charge in [0, 0.05) is 12.8 Å². The highest BCUT2D eigenvalue weighted by atomic mass is 16.6. The molecule has 134 valence electrons. The van der Waals surface area contributed by atoms with Crippen LogP contribution in [0.5, 0.6) is 0 Å². The van der Waals surface area contributed by atoms with Crippen LogP contribution in [0.4, 0.5) is 0 Å². The van der Waals surface area contributed by atoms with Gasteiger partial charge in [0.1, 0.15) is 12.2 Å². The molecule has 6 heteroatoms. The van der Waals surface area contributed by atoms with Crippen LogP contribution in [0.2, 0.25) is 0 Å². The van der Waals surface area contributed by atoms with E-state index in [9.17, 15) is 9.59 Å². The zero-order chi connectivity index (χ0) is 17.2. The van der Waals surface area contributed by atoms with Gasteiger partial charge in [-0.2, -0.15) is 0 Å². The summed E-state index contributed by atoms with van der Waals surface area (Å²) in [5.74, 6) is 2.70. The Labute approximate surface area is 144 Å². The lowest BCUT2D eigenvalue weighted by atomic mass is 10.1. The molecule has 2 aliphatic rings. The summed E-state index contributed by atoms with van der Waals surface area (Å²) in [6.07, 6.45) is 13.5. The van der Waals surface area contributed by atoms with Gasteiger partial charge in [0.05, 0.1) is 25.3 Å². The lowest BCUT2D eigenvalue weighted by Gasteiger charge is -2.17. The first-order chi connectivity index (χ1) is 11.8. The summed E-state index contributed by atoms with van der Waals surface area (Å²) >= 11 is 0. The van der Waals surface area contributed by atoms with Crippen molar-refractivity contribution in [3.63, 3.8) is 0 Å². The smallest absolute Gasteiger partial charge is 0.220 e. The Kier molecular flexibility index (Phi) is 8.06. The number of ether oxygens (including phenoxy) is 2. The molecule has 0 aromatic carbocycles. The molecule has 2 rings (SSSR count). The third-order valence-electron chi connectivity index (χ3n) is 4.66. The summed E-state index contributed by atoms with van der Waals surface area (Å²) in [5.41, 5.74) is 0. The number of unbranched alkanes of at least 4 members (excludes halogenated alkanes) is 6. The molecular formula is C18H28N2O4. The van der Waals surface area contributed by atoms with Crippen LogP contribution in [0.1, 0.15) is 51.4 Å². The molecule has 0 aromatic rings. The molecule has 2 heterocycles. The molecule has 2 amide bonds. The molecule has 4 atom stereocenters. The number of nitrogens with one attached hydrogen (secondary N) is 2. The maximum absolute atomic E-state index is 12.1. The summed E-state index contributed by atoms with van der Waals surface area (Å²) < 4.78 is 11.3. The molecule has 0 radical (unpaired) electrons. The van der Waals surface area contributed by atoms with Gasteiger partial charge in [-0.3, -0.25) is 9.59 Å². The minimum absolute atomic E-state index is 0.0481. The van der Waals surface area contributed by atoms with Gasteiger partial charge in [-0.05, 0) is 12.8 Å². The Hall–Kier alpha value is -1.58. The van der Waals surface area contributed by atoms with Crippen molar-refractivity contribution in [2.45, 2.75) is 75.7 Å². The van der Waals surface area contributed by atoms with Gasteiger partial charge in [-0.25, -0.2) is 0 Å². The van der Waals surface area contributed by atoms with E-state index in [1.54, 1.807) is 0 Å². The first-order valence-electron chi connectivity index (χ1n) is 8.92. The summed E-state index contributed by atoms with van der Waals surface area (Å²) in [7, 11) is 0. The second kappa shape index (κ2) is 10.3. The zero-order valence-electron chi connectivity index (χ0n) is 14.2. The second-order valence-corrected chi connectivity index (χ2v) is 6.49. The van der Waals surface area contributed by atoms with Crippen LogP contribution in [-0.4, -0.2) is 49.8 Å². The van der Waals surface area contributed by atoms with Gasteiger partial charge < -0.3 is 20.1 Å². The number of terminal acetylenes is 1. The maximum Gasteiger partial charge on any atom is 0.220 e. The Bertz CT molecular complexity index is 449. The number of amides is 2. The van der Waals surface area contributed by atoms with Crippen molar-refractivity contribution in [3.8, 4) is 12.3 Å². The molecule has 2 N–H and O–H groups in total. The second-order valence-electron chi connectivity index (χ2n) is 6.49. The molecule has 0 bridgehead atoms. The van der Waals surface area contributed by atoms with Crippen molar-refractivity contribution in [1.29, 1.82) is 0 Å². The number of rotatable bonds is 11. The first-order valence-corrected chi connectivity index (χ1v) is 8.92. The van der Waals surface area contributed by atoms with E-state index in [4.69, 9.17) is 15.9 Å². The zero-order valence-corrected chi connectivity index (χ0v) is 14.2. The molecule has 2 fully saturated rings. The average Bonchev–Trinajstić information content (AvgIpc) is 3.14. The fourth-order valence-corrected chi connectivity index (χ4v) is 3.35. The van der Waals surface area contributed by atoms with E-state index in [-0.39, 0.29) is 30.2 Å². The van der Waals surface area contributed by atoms with Crippen LogP contribution in [0.15, 0.2) is 0 Å². The van der Waals surface area contributed by atoms with Crippen LogP contribution < -0.4 is 10.6 Å². The number of carbonyl (C=O) groups excluding carboxylic acids is 2. The van der Waals surface area contributed by atoms with Gasteiger partial charge in [0.25, 0.3) is 0 Å². The summed E-state index contributed by atoms with van der Waals surface area (Å²) in [6, 6.07) is -0.242. The van der Waals surface area contributed by atoms with Crippen LogP contribution >= 0.6 is 0 Å². The van der Waals surface area contributed by atoms with Crippen molar-refractivity contribution in [1.82, 2.24) is 10.6 Å². The number of fused-ring (bicyclic) bond motifs is 1. The summed E-state index contributed by atoms with van der Waals surface area (Å²) in [4.78, 5) is 22.6. The minimum Gasteiger partial charge on any atom is -0.371 e. The molecule has 6 nitrogen and oxygen atoms in total. The highest BCUT2D eigenvalue weighted by molar-refractivity contribution is 5.76. The number of carbonyl (C=O) groups is 2. The molecule has 24 heavy (non-hydrogen) atoms. The maximum atomic E-state index is 12.1. The van der Waals surface area contributed by atoms with Crippen molar-refractivity contribution >= 4 is 12.3 Å². The average molecular weight is 336 g/mol. The lowest BCUT2D eigenvalue weighted by molar-refractivity contribution is -0.122. The molecule has 0 spiro atoms. The van der Waals surface area contributed by atoms with E-state index in [1.807, 2.05) is 0 Å². The van der Waals surface area contributed by atoms with Crippen LogP contribution in [0, 0.1) is 12.3 Å². The fourth-order valence-electron chi connectivity index (χ4n) is 3.35. The van der Waals surface area contributed by atoms with Crippen LogP contribution in [0.3, 0.4) is 0 Å². The van der Waals surface area contributed by atoms with E-state index < -0.39 is 0 Å². The van der Waals surface area contributed by atoms with Gasteiger partial charge in [0.2, 0.25) is 12.3 Å². The SMILES string of the molecule is C#CCCCCCCCCC(=O)N[C@H]1COC2[C@@H](NC=O)CO[C@@H]21. The quantitative estimate of drug-likeness (QED) is 0.337. The Morgan fingerprint density at radius 3 is 2.38 bits per heavy atom. The minimum atomic E-state index is -0.164. The number of hydrogen-bond acceptors (Lipinski definition) is 4. The molecule has 0 aliphatic carbocycles. The summed E-state index contributed by atoms with van der Waals surface area (Å²) in [5, 5.41) is 5.71. The van der Waals surface area contributed by atoms with E-state index in [2.05, 4.69) is 16.6 Å². The topological polar surface area (TPSA) is 76.7 Å². The largest absolute Gasteiger partial charge is 0.371 e. The highest BCUT2D eigenvalue weighted by Gasteiger charge is 2.47. The number of hydrogen-bond donors (Lipinski definition) is 2. The lowest BCUT2D eigenvalue weighted by Crippen LogP contribution is -2.45. The molecule has 1 unspecified atom stereocenters. The monoisotopic (exact) mass is 336 g/mol. The molecule has 2 saturated heterocycles. The van der Waals surface area contributed by atoms with Crippen LogP contribution in [0.25, 0.3) is 0 Å². The van der Waals surface area contributed by atoms with Crippen LogP contribution in [-0.2, 0) is 19.1 Å². The third-order valence-corrected chi connectivity index (χ3v) is 4.66. The molecular weight excluding hydrogens is 308 g/mol. The van der Waals surface area contributed by atoms with Gasteiger partial charge >= 0.3 is 0 Å². The third kappa shape index (κ3) is 5.50. The molecule has 0 aromatic heterocycles. The van der Waals surface area contributed by atoms with Gasteiger partial charge in [-0.15, -0.1) is 12.3 Å². The van der Waals surface area contributed by atoms with E-state index >= 15 is 0 Å². The normalized spacial score (nSPS) is 28.1. The first kappa shape index (κ1) is 18.8. The van der Waals surface area contributed by atoms with Crippen molar-refractivity contribution in [3.05, 3.63) is 0 Å². The van der Waals surface area contributed by atoms with Crippen molar-refractivity contribution < 1.29 is 19.1 Å². The predicted molar refractivity (Wildman–Crippen MR) is 90.2 cm³/mol. The van der Waals surface area contributed by atoms with Gasteiger partial charge in [-0.1, -0.05) is 25.7 Å². The predicted octanol–water partition coefficient (Wildman–Crippen LogP) is 1.14. The molecule has 2 aliphatic heterocycles. The van der Waals surface area contributed by atoms with E-state index in [0.29, 0.717) is 26.0 Å². The Morgan fingerprint density at radius 2 is 1.67 bits per heavy atom.